The molecule has 0 radical (unpaired) electrons. The van der Waals surface area contributed by atoms with Crippen LogP contribution in [0.4, 0.5) is 0 Å². The minimum absolute atomic E-state index is 0.188. The Hall–Kier alpha value is -1.66. The van der Waals surface area contributed by atoms with Crippen molar-refractivity contribution in [2.45, 2.75) is 71.9 Å². The molecule has 0 amide bonds. The van der Waals surface area contributed by atoms with E-state index in [1.165, 1.54) is 7.11 Å². The highest BCUT2D eigenvalue weighted by molar-refractivity contribution is 5.92. The lowest BCUT2D eigenvalue weighted by molar-refractivity contribution is -0.247. The zero-order valence-corrected chi connectivity index (χ0v) is 17.0. The Morgan fingerprint density at radius 3 is 2.63 bits per heavy atom. The van der Waals surface area contributed by atoms with Crippen LogP contribution >= 0.6 is 0 Å². The van der Waals surface area contributed by atoms with E-state index in [4.69, 9.17) is 14.2 Å². The van der Waals surface area contributed by atoms with Crippen LogP contribution in [0.1, 0.15) is 53.9 Å². The number of aliphatic hydroxyl groups excluding tert-OH is 1. The summed E-state index contributed by atoms with van der Waals surface area (Å²) >= 11 is 0. The van der Waals surface area contributed by atoms with Gasteiger partial charge in [0, 0.05) is 41.6 Å². The Morgan fingerprint density at radius 2 is 2.04 bits per heavy atom. The van der Waals surface area contributed by atoms with Gasteiger partial charge in [-0.1, -0.05) is 19.9 Å². The quantitative estimate of drug-likeness (QED) is 0.601. The fraction of sp³-hybridized carbons (Fsp3) is 0.714. The summed E-state index contributed by atoms with van der Waals surface area (Å²) in [5, 5.41) is 11.4. The van der Waals surface area contributed by atoms with Crippen LogP contribution in [-0.4, -0.2) is 42.1 Å². The van der Waals surface area contributed by atoms with Crippen LogP contribution in [0.25, 0.3) is 0 Å². The van der Waals surface area contributed by atoms with E-state index in [-0.39, 0.29) is 23.9 Å². The predicted octanol–water partition coefficient (Wildman–Crippen LogP) is 2.90. The number of aliphatic hydroxyl groups is 1. The molecule has 0 aromatic heterocycles. The van der Waals surface area contributed by atoms with Crippen molar-refractivity contribution in [3.8, 4) is 0 Å². The van der Waals surface area contributed by atoms with E-state index in [0.717, 1.165) is 6.42 Å². The topological polar surface area (TPSA) is 82.1 Å². The Balaban J connectivity index is 2.03. The first-order valence-electron chi connectivity index (χ1n) is 9.64. The molecule has 0 unspecified atom stereocenters. The van der Waals surface area contributed by atoms with Crippen LogP contribution in [0, 0.1) is 17.3 Å². The number of hydrogen-bond acceptors (Lipinski definition) is 6. The van der Waals surface area contributed by atoms with Gasteiger partial charge in [0.2, 0.25) is 5.79 Å². The standard InChI is InChI=1S/C21H30O6/c1-7-11(2)18(23)26-15-9-8-12(3)20(5)14(15)10-21(25-6)16(17(20)22)13(4)19(24)27-21/h7,12,14-15,17,22H,8-10H2,1-6H3/b11-7-/t12-,14-,15+,17+,20+,21+/m0/s1. The maximum absolute atomic E-state index is 12.4. The number of hydrogen-bond donors (Lipinski definition) is 1. The molecule has 6 nitrogen and oxygen atoms in total. The second-order valence-electron chi connectivity index (χ2n) is 8.36. The molecule has 6 atom stereocenters. The maximum atomic E-state index is 12.4. The van der Waals surface area contributed by atoms with Crippen LogP contribution in [0.3, 0.4) is 0 Å². The maximum Gasteiger partial charge on any atom is 0.336 e. The van der Waals surface area contributed by atoms with Gasteiger partial charge in [0.15, 0.2) is 0 Å². The SMILES string of the molecule is C/C=C(/C)C(=O)O[C@@H]1CC[C@H](C)[C@@]2(C)[C@H](O)C3=C(C)C(=O)O[C@]3(OC)C[C@@H]12. The highest BCUT2D eigenvalue weighted by Gasteiger charge is 2.65. The number of esters is 2. The van der Waals surface area contributed by atoms with Crippen molar-refractivity contribution >= 4 is 11.9 Å². The summed E-state index contributed by atoms with van der Waals surface area (Å²) in [5.41, 5.74) is 0.953. The van der Waals surface area contributed by atoms with Crippen LogP contribution in [0.5, 0.6) is 0 Å². The van der Waals surface area contributed by atoms with E-state index in [9.17, 15) is 14.7 Å². The third-order valence-corrected chi connectivity index (χ3v) is 7.27. The second kappa shape index (κ2) is 6.74. The van der Waals surface area contributed by atoms with Gasteiger partial charge in [0.1, 0.15) is 6.10 Å². The monoisotopic (exact) mass is 378 g/mol. The molecule has 0 saturated heterocycles. The van der Waals surface area contributed by atoms with E-state index in [0.29, 0.717) is 29.6 Å². The van der Waals surface area contributed by atoms with Crippen molar-refractivity contribution in [3.05, 3.63) is 22.8 Å². The van der Waals surface area contributed by atoms with Gasteiger partial charge >= 0.3 is 11.9 Å². The molecule has 3 rings (SSSR count). The molecular formula is C21H30O6. The molecule has 1 aliphatic heterocycles. The predicted molar refractivity (Wildman–Crippen MR) is 98.5 cm³/mol. The first-order chi connectivity index (χ1) is 12.6. The van der Waals surface area contributed by atoms with Crippen LogP contribution < -0.4 is 0 Å². The molecule has 3 aliphatic rings. The van der Waals surface area contributed by atoms with E-state index in [1.807, 2.05) is 6.92 Å². The Bertz CT molecular complexity index is 722. The van der Waals surface area contributed by atoms with Gasteiger partial charge < -0.3 is 19.3 Å². The lowest BCUT2D eigenvalue weighted by Crippen LogP contribution is -2.62. The van der Waals surface area contributed by atoms with Gasteiger partial charge in [0.05, 0.1) is 6.10 Å². The fourth-order valence-electron chi connectivity index (χ4n) is 5.08. The lowest BCUT2D eigenvalue weighted by Gasteiger charge is -2.58. The average Bonchev–Trinajstić information content (AvgIpc) is 2.90. The molecule has 2 aliphatic carbocycles. The fourth-order valence-corrected chi connectivity index (χ4v) is 5.08. The van der Waals surface area contributed by atoms with Crippen LogP contribution in [0.15, 0.2) is 22.8 Å². The number of carbonyl (C=O) groups excluding carboxylic acids is 2. The van der Waals surface area contributed by atoms with Gasteiger partial charge in [-0.05, 0) is 39.5 Å². The van der Waals surface area contributed by atoms with E-state index in [2.05, 4.69) is 6.92 Å². The molecule has 0 aromatic carbocycles. The van der Waals surface area contributed by atoms with Crippen molar-refractivity contribution in [2.75, 3.05) is 7.11 Å². The Kier molecular flexibility index (Phi) is 5.02. The second-order valence-corrected chi connectivity index (χ2v) is 8.36. The van der Waals surface area contributed by atoms with Crippen molar-refractivity contribution in [2.24, 2.45) is 17.3 Å². The molecule has 2 fully saturated rings. The number of methoxy groups -OCH3 is 1. The van der Waals surface area contributed by atoms with E-state index < -0.39 is 23.3 Å². The number of rotatable bonds is 3. The summed E-state index contributed by atoms with van der Waals surface area (Å²) in [6.45, 7) is 9.33. The molecule has 150 valence electrons. The van der Waals surface area contributed by atoms with E-state index >= 15 is 0 Å². The third-order valence-electron chi connectivity index (χ3n) is 7.27. The summed E-state index contributed by atoms with van der Waals surface area (Å²) in [6.07, 6.45) is 2.37. The molecule has 0 bridgehead atoms. The summed E-state index contributed by atoms with van der Waals surface area (Å²) < 4.78 is 17.1. The minimum atomic E-state index is -1.28. The van der Waals surface area contributed by atoms with Crippen molar-refractivity contribution < 1.29 is 28.9 Å². The Labute approximate surface area is 160 Å². The first kappa shape index (κ1) is 20.1. The average molecular weight is 378 g/mol. The number of ether oxygens (including phenoxy) is 3. The molecule has 1 heterocycles. The van der Waals surface area contributed by atoms with Crippen LogP contribution in [-0.2, 0) is 23.8 Å². The van der Waals surface area contributed by atoms with E-state index in [1.54, 1.807) is 26.8 Å². The van der Waals surface area contributed by atoms with Crippen molar-refractivity contribution in [3.63, 3.8) is 0 Å². The first-order valence-corrected chi connectivity index (χ1v) is 9.64. The van der Waals surface area contributed by atoms with Gasteiger partial charge in [-0.15, -0.1) is 0 Å². The number of carbonyl (C=O) groups is 2. The largest absolute Gasteiger partial charge is 0.459 e. The van der Waals surface area contributed by atoms with Crippen LogP contribution in [0.2, 0.25) is 0 Å². The van der Waals surface area contributed by atoms with Gasteiger partial charge in [-0.25, -0.2) is 9.59 Å². The molecule has 0 aromatic rings. The van der Waals surface area contributed by atoms with Gasteiger partial charge in [0.25, 0.3) is 0 Å². The summed E-state index contributed by atoms with van der Waals surface area (Å²) in [7, 11) is 1.48. The number of fused-ring (bicyclic) bond motifs is 2. The minimum Gasteiger partial charge on any atom is -0.459 e. The zero-order chi connectivity index (χ0) is 20.1. The Morgan fingerprint density at radius 1 is 1.37 bits per heavy atom. The molecule has 2 saturated carbocycles. The highest BCUT2D eigenvalue weighted by atomic mass is 16.7. The normalized spacial score (nSPS) is 41.7. The zero-order valence-electron chi connectivity index (χ0n) is 17.0. The number of allylic oxidation sites excluding steroid dienone is 1. The van der Waals surface area contributed by atoms with Gasteiger partial charge in [-0.2, -0.15) is 0 Å². The molecule has 6 heteroatoms. The molecule has 0 spiro atoms. The summed E-state index contributed by atoms with van der Waals surface area (Å²) in [6, 6.07) is 0. The molecule has 1 N–H and O–H groups in total. The summed E-state index contributed by atoms with van der Waals surface area (Å²) in [4.78, 5) is 24.7. The smallest absolute Gasteiger partial charge is 0.336 e. The molecule has 27 heavy (non-hydrogen) atoms. The molecular weight excluding hydrogens is 348 g/mol. The summed E-state index contributed by atoms with van der Waals surface area (Å²) in [5.74, 6) is -2.07. The van der Waals surface area contributed by atoms with Crippen molar-refractivity contribution in [1.82, 2.24) is 0 Å². The lowest BCUT2D eigenvalue weighted by atomic mass is 9.51. The highest BCUT2D eigenvalue weighted by Crippen LogP contribution is 2.60. The van der Waals surface area contributed by atoms with Gasteiger partial charge in [-0.3, -0.25) is 0 Å². The van der Waals surface area contributed by atoms with Crippen molar-refractivity contribution in [1.29, 1.82) is 0 Å². The third kappa shape index (κ3) is 2.76.